The van der Waals surface area contributed by atoms with E-state index in [1.54, 1.807) is 7.11 Å². The molecule has 1 saturated heterocycles. The maximum atomic E-state index is 11.9. The Bertz CT molecular complexity index is 653. The van der Waals surface area contributed by atoms with Crippen molar-refractivity contribution in [3.63, 3.8) is 0 Å². The highest BCUT2D eigenvalue weighted by molar-refractivity contribution is 7.14. The zero-order chi connectivity index (χ0) is 15.4. The Labute approximate surface area is 132 Å². The lowest BCUT2D eigenvalue weighted by Gasteiger charge is -2.06. The number of nitrogens with zero attached hydrogens (tertiary/aromatic N) is 2. The molecule has 0 bridgehead atoms. The highest BCUT2D eigenvalue weighted by Crippen LogP contribution is 2.26. The van der Waals surface area contributed by atoms with Crippen molar-refractivity contribution in [3.05, 3.63) is 29.3 Å². The van der Waals surface area contributed by atoms with Gasteiger partial charge in [0.25, 0.3) is 0 Å². The van der Waals surface area contributed by atoms with Crippen molar-refractivity contribution in [1.82, 2.24) is 15.5 Å². The summed E-state index contributed by atoms with van der Waals surface area (Å²) >= 11 is 1.47. The van der Waals surface area contributed by atoms with Crippen molar-refractivity contribution in [1.29, 1.82) is 0 Å². The molecule has 1 aliphatic rings. The smallest absolute Gasteiger partial charge is 0.225 e. The van der Waals surface area contributed by atoms with Crippen molar-refractivity contribution in [2.24, 2.45) is 5.92 Å². The molecule has 3 rings (SSSR count). The van der Waals surface area contributed by atoms with E-state index in [-0.39, 0.29) is 11.8 Å². The van der Waals surface area contributed by atoms with E-state index in [4.69, 9.17) is 9.47 Å². The molecule has 1 atom stereocenters. The molecule has 1 amide bonds. The molecule has 2 aromatic rings. The molecular formula is C15H17N3O3S. The number of carbonyl (C=O) groups is 1. The largest absolute Gasteiger partial charge is 0.497 e. The minimum absolute atomic E-state index is 0.0237. The van der Waals surface area contributed by atoms with Crippen LogP contribution in [0.3, 0.4) is 0 Å². The van der Waals surface area contributed by atoms with E-state index in [2.05, 4.69) is 15.5 Å². The van der Waals surface area contributed by atoms with Gasteiger partial charge >= 0.3 is 0 Å². The van der Waals surface area contributed by atoms with Crippen molar-refractivity contribution in [3.8, 4) is 16.3 Å². The zero-order valence-corrected chi connectivity index (χ0v) is 13.1. The number of nitrogens with one attached hydrogen (secondary N) is 1. The first-order chi connectivity index (χ1) is 10.8. The number of amides is 1. The third kappa shape index (κ3) is 3.42. The lowest BCUT2D eigenvalue weighted by Crippen LogP contribution is -2.30. The van der Waals surface area contributed by atoms with Crippen LogP contribution in [0.15, 0.2) is 24.3 Å². The van der Waals surface area contributed by atoms with Crippen molar-refractivity contribution in [2.45, 2.75) is 13.0 Å². The first-order valence-corrected chi connectivity index (χ1v) is 7.90. The summed E-state index contributed by atoms with van der Waals surface area (Å²) in [5, 5.41) is 12.8. The van der Waals surface area contributed by atoms with E-state index in [9.17, 15) is 4.79 Å². The average molecular weight is 319 g/mol. The van der Waals surface area contributed by atoms with E-state index < -0.39 is 0 Å². The van der Waals surface area contributed by atoms with Crippen LogP contribution in [0.4, 0.5) is 0 Å². The van der Waals surface area contributed by atoms with Gasteiger partial charge in [-0.1, -0.05) is 23.5 Å². The van der Waals surface area contributed by atoms with Gasteiger partial charge in [0.1, 0.15) is 15.8 Å². The summed E-state index contributed by atoms with van der Waals surface area (Å²) < 4.78 is 10.4. The van der Waals surface area contributed by atoms with Crippen LogP contribution in [0.5, 0.6) is 5.75 Å². The molecule has 0 spiro atoms. The van der Waals surface area contributed by atoms with Crippen molar-refractivity contribution >= 4 is 17.2 Å². The SMILES string of the molecule is COc1cccc(-c2nnc(CNC(=O)C3CCOC3)s2)c1. The molecule has 1 N–H and O–H groups in total. The number of ether oxygens (including phenoxy) is 2. The van der Waals surface area contributed by atoms with Gasteiger partial charge in [-0.15, -0.1) is 10.2 Å². The average Bonchev–Trinajstić information content (AvgIpc) is 3.24. The summed E-state index contributed by atoms with van der Waals surface area (Å²) in [5.74, 6) is 0.769. The molecule has 22 heavy (non-hydrogen) atoms. The lowest BCUT2D eigenvalue weighted by atomic mass is 10.1. The first kappa shape index (κ1) is 14.9. The summed E-state index contributed by atoms with van der Waals surface area (Å²) in [6, 6.07) is 7.67. The van der Waals surface area contributed by atoms with Crippen LogP contribution in [0, 0.1) is 5.92 Å². The van der Waals surface area contributed by atoms with Gasteiger partial charge in [-0.25, -0.2) is 0 Å². The van der Waals surface area contributed by atoms with Gasteiger partial charge in [-0.05, 0) is 18.6 Å². The number of rotatable bonds is 5. The number of benzene rings is 1. The van der Waals surface area contributed by atoms with Gasteiger partial charge in [0.2, 0.25) is 5.91 Å². The summed E-state index contributed by atoms with van der Waals surface area (Å²) in [6.07, 6.45) is 0.789. The Hall–Kier alpha value is -1.99. The maximum Gasteiger partial charge on any atom is 0.225 e. The maximum absolute atomic E-state index is 11.9. The topological polar surface area (TPSA) is 73.3 Å². The fraction of sp³-hybridized carbons (Fsp3) is 0.400. The summed E-state index contributed by atoms with van der Waals surface area (Å²) in [7, 11) is 1.63. The number of aromatic nitrogens is 2. The molecule has 1 aromatic heterocycles. The number of hydrogen-bond donors (Lipinski definition) is 1. The van der Waals surface area contributed by atoms with Crippen LogP contribution in [0.25, 0.3) is 10.6 Å². The molecule has 6 nitrogen and oxygen atoms in total. The highest BCUT2D eigenvalue weighted by Gasteiger charge is 2.23. The molecule has 1 unspecified atom stereocenters. The van der Waals surface area contributed by atoms with E-state index in [1.807, 2.05) is 24.3 Å². The lowest BCUT2D eigenvalue weighted by molar-refractivity contribution is -0.125. The number of carbonyl (C=O) groups excluding carboxylic acids is 1. The molecule has 0 aliphatic carbocycles. The van der Waals surface area contributed by atoms with Gasteiger partial charge in [-0.2, -0.15) is 0 Å². The summed E-state index contributed by atoms with van der Waals surface area (Å²) in [5.41, 5.74) is 0.957. The minimum atomic E-state index is -0.0363. The van der Waals surface area contributed by atoms with Crippen LogP contribution < -0.4 is 10.1 Å². The molecule has 1 fully saturated rings. The van der Waals surface area contributed by atoms with Gasteiger partial charge in [0, 0.05) is 12.2 Å². The quantitative estimate of drug-likeness (QED) is 0.911. The van der Waals surface area contributed by atoms with Crippen molar-refractivity contribution in [2.75, 3.05) is 20.3 Å². The predicted molar refractivity (Wildman–Crippen MR) is 82.7 cm³/mol. The monoisotopic (exact) mass is 319 g/mol. The first-order valence-electron chi connectivity index (χ1n) is 7.08. The Morgan fingerprint density at radius 1 is 1.50 bits per heavy atom. The number of hydrogen-bond acceptors (Lipinski definition) is 6. The van der Waals surface area contributed by atoms with Gasteiger partial charge < -0.3 is 14.8 Å². The van der Waals surface area contributed by atoms with E-state index in [0.717, 1.165) is 27.7 Å². The van der Waals surface area contributed by atoms with Crippen LogP contribution in [-0.2, 0) is 16.1 Å². The minimum Gasteiger partial charge on any atom is -0.497 e. The van der Waals surface area contributed by atoms with Gasteiger partial charge in [-0.3, -0.25) is 4.79 Å². The summed E-state index contributed by atoms with van der Waals surface area (Å²) in [4.78, 5) is 11.9. The molecule has 1 aromatic carbocycles. The Kier molecular flexibility index (Phi) is 4.65. The van der Waals surface area contributed by atoms with Gasteiger partial charge in [0.15, 0.2) is 0 Å². The van der Waals surface area contributed by atoms with Crippen LogP contribution >= 0.6 is 11.3 Å². The normalized spacial score (nSPS) is 17.4. The molecule has 116 valence electrons. The van der Waals surface area contributed by atoms with Crippen LogP contribution in [0.2, 0.25) is 0 Å². The standard InChI is InChI=1S/C15H17N3O3S/c1-20-12-4-2-3-10(7-12)15-18-17-13(22-15)8-16-14(19)11-5-6-21-9-11/h2-4,7,11H,5-6,8-9H2,1H3,(H,16,19). The Morgan fingerprint density at radius 3 is 3.18 bits per heavy atom. The van der Waals surface area contributed by atoms with E-state index >= 15 is 0 Å². The fourth-order valence-corrected chi connectivity index (χ4v) is 3.02. The molecule has 0 saturated carbocycles. The molecule has 2 heterocycles. The third-order valence-corrected chi connectivity index (χ3v) is 4.47. The predicted octanol–water partition coefficient (Wildman–Crippen LogP) is 1.87. The molecule has 0 radical (unpaired) electrons. The van der Waals surface area contributed by atoms with E-state index in [0.29, 0.717) is 19.8 Å². The Balaban J connectivity index is 1.62. The fourth-order valence-electron chi connectivity index (χ4n) is 2.25. The highest BCUT2D eigenvalue weighted by atomic mass is 32.1. The second-order valence-corrected chi connectivity index (χ2v) is 6.07. The van der Waals surface area contributed by atoms with E-state index in [1.165, 1.54) is 11.3 Å². The zero-order valence-electron chi connectivity index (χ0n) is 12.2. The number of methoxy groups -OCH3 is 1. The second-order valence-electron chi connectivity index (χ2n) is 5.01. The molecular weight excluding hydrogens is 302 g/mol. The van der Waals surface area contributed by atoms with Gasteiger partial charge in [0.05, 0.1) is 26.2 Å². The summed E-state index contributed by atoms with van der Waals surface area (Å²) in [6.45, 7) is 1.57. The second kappa shape index (κ2) is 6.85. The van der Waals surface area contributed by atoms with Crippen LogP contribution in [0.1, 0.15) is 11.4 Å². The molecule has 1 aliphatic heterocycles. The Morgan fingerprint density at radius 2 is 2.41 bits per heavy atom. The molecule has 7 heteroatoms. The van der Waals surface area contributed by atoms with Crippen molar-refractivity contribution < 1.29 is 14.3 Å². The third-order valence-electron chi connectivity index (χ3n) is 3.50. The van der Waals surface area contributed by atoms with Crippen LogP contribution in [-0.4, -0.2) is 36.4 Å².